The Morgan fingerprint density at radius 1 is 1.15 bits per heavy atom. The van der Waals surface area contributed by atoms with E-state index in [4.69, 9.17) is 10.00 Å². The van der Waals surface area contributed by atoms with Crippen LogP contribution in [-0.4, -0.2) is 36.8 Å². The fraction of sp³-hybridized carbons (Fsp3) is 0.269. The number of benzene rings is 2. The highest BCUT2D eigenvalue weighted by molar-refractivity contribution is 6.04. The van der Waals surface area contributed by atoms with Gasteiger partial charge in [0.25, 0.3) is 11.5 Å². The molecule has 3 aromatic rings. The maximum absolute atomic E-state index is 12.8. The van der Waals surface area contributed by atoms with Crippen LogP contribution in [0, 0.1) is 18.3 Å². The Labute approximate surface area is 192 Å². The number of pyridine rings is 1. The molecule has 1 aliphatic rings. The van der Waals surface area contributed by atoms with Gasteiger partial charge in [0.05, 0.1) is 25.7 Å². The maximum atomic E-state index is 12.8. The molecule has 1 N–H and O–H groups in total. The first-order valence-electron chi connectivity index (χ1n) is 10.9. The zero-order valence-corrected chi connectivity index (χ0v) is 18.8. The highest BCUT2D eigenvalue weighted by Gasteiger charge is 2.17. The first-order chi connectivity index (χ1) is 16.0. The van der Waals surface area contributed by atoms with Crippen molar-refractivity contribution in [1.29, 1.82) is 5.26 Å². The summed E-state index contributed by atoms with van der Waals surface area (Å²) in [4.78, 5) is 27.6. The highest BCUT2D eigenvalue weighted by Crippen LogP contribution is 2.29. The summed E-state index contributed by atoms with van der Waals surface area (Å²) >= 11 is 0. The average Bonchev–Trinajstić information content (AvgIpc) is 2.83. The van der Waals surface area contributed by atoms with E-state index >= 15 is 0 Å². The van der Waals surface area contributed by atoms with Gasteiger partial charge in [0.2, 0.25) is 0 Å². The summed E-state index contributed by atoms with van der Waals surface area (Å²) in [5, 5.41) is 11.9. The summed E-state index contributed by atoms with van der Waals surface area (Å²) in [6.07, 6.45) is 2.08. The zero-order chi connectivity index (χ0) is 23.4. The van der Waals surface area contributed by atoms with Crippen LogP contribution in [0.15, 0.2) is 59.5 Å². The fourth-order valence-corrected chi connectivity index (χ4v) is 4.00. The van der Waals surface area contributed by atoms with Gasteiger partial charge in [0, 0.05) is 43.1 Å². The van der Waals surface area contributed by atoms with Crippen molar-refractivity contribution in [3.63, 3.8) is 0 Å². The molecule has 168 valence electrons. The van der Waals surface area contributed by atoms with Gasteiger partial charge in [-0.3, -0.25) is 9.59 Å². The number of nitrogens with one attached hydrogen (secondary N) is 1. The minimum atomic E-state index is -0.237. The van der Waals surface area contributed by atoms with Crippen molar-refractivity contribution in [1.82, 2.24) is 4.57 Å². The lowest BCUT2D eigenvalue weighted by atomic mass is 10.0. The van der Waals surface area contributed by atoms with E-state index in [0.29, 0.717) is 43.2 Å². The van der Waals surface area contributed by atoms with Gasteiger partial charge >= 0.3 is 0 Å². The number of ether oxygens (including phenoxy) is 1. The molecule has 1 saturated heterocycles. The number of nitrogens with zero attached hydrogens (tertiary/aromatic N) is 3. The molecule has 0 unspecified atom stereocenters. The summed E-state index contributed by atoms with van der Waals surface area (Å²) in [6, 6.07) is 16.8. The minimum Gasteiger partial charge on any atom is -0.378 e. The largest absolute Gasteiger partial charge is 0.378 e. The van der Waals surface area contributed by atoms with E-state index in [-0.39, 0.29) is 17.9 Å². The Morgan fingerprint density at radius 2 is 1.94 bits per heavy atom. The van der Waals surface area contributed by atoms with E-state index in [1.54, 1.807) is 29.8 Å². The molecule has 1 fully saturated rings. The lowest BCUT2D eigenvalue weighted by molar-refractivity contribution is 0.102. The Kier molecular flexibility index (Phi) is 6.57. The second kappa shape index (κ2) is 9.72. The molecule has 7 nitrogen and oxygen atoms in total. The minimum absolute atomic E-state index is 0.0417. The lowest BCUT2D eigenvalue weighted by Gasteiger charge is -2.29. The molecular formula is C26H26N4O3. The monoisotopic (exact) mass is 442 g/mol. The number of nitriles is 1. The molecule has 2 aromatic carbocycles. The van der Waals surface area contributed by atoms with Crippen molar-refractivity contribution in [2.45, 2.75) is 13.3 Å². The Morgan fingerprint density at radius 3 is 2.70 bits per heavy atom. The quantitative estimate of drug-likeness (QED) is 0.653. The molecule has 0 atom stereocenters. The van der Waals surface area contributed by atoms with Gasteiger partial charge in [-0.1, -0.05) is 18.2 Å². The van der Waals surface area contributed by atoms with Crippen molar-refractivity contribution in [2.24, 2.45) is 7.05 Å². The van der Waals surface area contributed by atoms with Crippen molar-refractivity contribution < 1.29 is 9.53 Å². The van der Waals surface area contributed by atoms with Crippen LogP contribution in [0.1, 0.15) is 21.5 Å². The van der Waals surface area contributed by atoms with E-state index in [9.17, 15) is 9.59 Å². The maximum Gasteiger partial charge on any atom is 0.273 e. The van der Waals surface area contributed by atoms with E-state index < -0.39 is 0 Å². The van der Waals surface area contributed by atoms with Gasteiger partial charge in [0.1, 0.15) is 5.69 Å². The van der Waals surface area contributed by atoms with E-state index in [2.05, 4.69) is 16.3 Å². The molecular weight excluding hydrogens is 416 g/mol. The predicted octanol–water partition coefficient (Wildman–Crippen LogP) is 3.52. The Hall–Kier alpha value is -3.89. The number of aryl methyl sites for hydroxylation is 2. The number of hydrogen-bond acceptors (Lipinski definition) is 5. The second-order valence-electron chi connectivity index (χ2n) is 8.15. The highest BCUT2D eigenvalue weighted by atomic mass is 16.5. The number of aromatic nitrogens is 1. The van der Waals surface area contributed by atoms with Crippen LogP contribution >= 0.6 is 0 Å². The third kappa shape index (κ3) is 4.97. The first kappa shape index (κ1) is 22.3. The van der Waals surface area contributed by atoms with E-state index in [1.807, 2.05) is 43.5 Å². The summed E-state index contributed by atoms with van der Waals surface area (Å²) in [5.74, 6) is -0.237. The van der Waals surface area contributed by atoms with Gasteiger partial charge in [0.15, 0.2) is 0 Å². The Bertz CT molecular complexity index is 1280. The van der Waals surface area contributed by atoms with Crippen LogP contribution in [0.25, 0.3) is 11.1 Å². The third-order valence-electron chi connectivity index (χ3n) is 5.79. The van der Waals surface area contributed by atoms with Crippen molar-refractivity contribution in [3.05, 3.63) is 81.8 Å². The lowest BCUT2D eigenvalue weighted by Crippen LogP contribution is -2.40. The smallest absolute Gasteiger partial charge is 0.273 e. The number of amides is 1. The molecule has 0 saturated carbocycles. The number of morpholine rings is 1. The average molecular weight is 443 g/mol. The fourth-order valence-electron chi connectivity index (χ4n) is 4.00. The summed E-state index contributed by atoms with van der Waals surface area (Å²) < 4.78 is 7.03. The van der Waals surface area contributed by atoms with Gasteiger partial charge in [-0.2, -0.15) is 5.26 Å². The molecule has 4 rings (SSSR count). The Balaban J connectivity index is 1.65. The molecule has 0 spiro atoms. The number of carbonyl (C=O) groups is 1. The van der Waals surface area contributed by atoms with Crippen LogP contribution in [-0.2, 0) is 18.2 Å². The van der Waals surface area contributed by atoms with E-state index in [1.165, 1.54) is 0 Å². The number of carbonyl (C=O) groups excluding carboxylic acids is 1. The molecule has 0 radical (unpaired) electrons. The van der Waals surface area contributed by atoms with Crippen molar-refractivity contribution >= 4 is 17.3 Å². The molecule has 0 bridgehead atoms. The first-order valence-corrected chi connectivity index (χ1v) is 10.9. The molecule has 0 aliphatic carbocycles. The van der Waals surface area contributed by atoms with Crippen LogP contribution in [0.5, 0.6) is 0 Å². The molecule has 2 heterocycles. The van der Waals surface area contributed by atoms with E-state index in [0.717, 1.165) is 22.3 Å². The van der Waals surface area contributed by atoms with Crippen LogP contribution in [0.2, 0.25) is 0 Å². The number of rotatable bonds is 5. The normalized spacial score (nSPS) is 13.4. The summed E-state index contributed by atoms with van der Waals surface area (Å²) in [7, 11) is 1.75. The van der Waals surface area contributed by atoms with Crippen molar-refractivity contribution in [2.75, 3.05) is 36.5 Å². The molecule has 1 amide bonds. The molecule has 33 heavy (non-hydrogen) atoms. The summed E-state index contributed by atoms with van der Waals surface area (Å²) in [5.41, 5.74) is 5.46. The predicted molar refractivity (Wildman–Crippen MR) is 129 cm³/mol. The van der Waals surface area contributed by atoms with Crippen LogP contribution in [0.3, 0.4) is 0 Å². The van der Waals surface area contributed by atoms with Crippen LogP contribution in [0.4, 0.5) is 11.4 Å². The standard InChI is InChI=1S/C26H26N4O3/c1-18-6-7-22(28-25(31)20-5-3-4-19(14-20)8-9-27)16-23(18)21-15-24(26(32)29(2)17-21)30-10-12-33-13-11-30/h3-7,14-17H,8,10-13H2,1-2H3,(H,28,31). The number of hydrogen-bond donors (Lipinski definition) is 1. The molecule has 1 aromatic heterocycles. The molecule has 1 aliphatic heterocycles. The third-order valence-corrected chi connectivity index (χ3v) is 5.79. The zero-order valence-electron chi connectivity index (χ0n) is 18.8. The topological polar surface area (TPSA) is 87.4 Å². The van der Waals surface area contributed by atoms with Gasteiger partial charge in [-0.05, 0) is 53.9 Å². The molecule has 7 heteroatoms. The van der Waals surface area contributed by atoms with Gasteiger partial charge in [-0.25, -0.2) is 0 Å². The van der Waals surface area contributed by atoms with Gasteiger partial charge in [-0.15, -0.1) is 0 Å². The summed E-state index contributed by atoms with van der Waals surface area (Å²) in [6.45, 7) is 4.57. The van der Waals surface area contributed by atoms with Gasteiger partial charge < -0.3 is 19.5 Å². The van der Waals surface area contributed by atoms with Crippen LogP contribution < -0.4 is 15.8 Å². The number of anilines is 2. The SMILES string of the molecule is Cc1ccc(NC(=O)c2cccc(CC#N)c2)cc1-c1cc(N2CCOCC2)c(=O)n(C)c1. The van der Waals surface area contributed by atoms with Crippen molar-refractivity contribution in [3.8, 4) is 17.2 Å². The second-order valence-corrected chi connectivity index (χ2v) is 8.15.